The van der Waals surface area contributed by atoms with Gasteiger partial charge in [0.1, 0.15) is 0 Å². The molecule has 0 atom stereocenters. The van der Waals surface area contributed by atoms with Crippen molar-refractivity contribution in [2.24, 2.45) is 5.16 Å². The van der Waals surface area contributed by atoms with E-state index in [1.807, 2.05) is 24.3 Å². The minimum atomic E-state index is -0.266. The van der Waals surface area contributed by atoms with Crippen molar-refractivity contribution in [2.75, 3.05) is 11.9 Å². The highest BCUT2D eigenvalue weighted by molar-refractivity contribution is 6.30. The molecule has 0 radical (unpaired) electrons. The largest absolute Gasteiger partial charge is 0.385 e. The van der Waals surface area contributed by atoms with E-state index in [-0.39, 0.29) is 18.4 Å². The molecule has 0 heterocycles. The highest BCUT2D eigenvalue weighted by atomic mass is 35.5. The quantitative estimate of drug-likeness (QED) is 0.577. The number of halogens is 1. The molecule has 0 aliphatic carbocycles. The minimum Gasteiger partial charge on any atom is -0.385 e. The highest BCUT2D eigenvalue weighted by Gasteiger charge is 2.04. The third kappa shape index (κ3) is 6.57. The van der Waals surface area contributed by atoms with Gasteiger partial charge in [0.2, 0.25) is 5.91 Å². The third-order valence-electron chi connectivity index (χ3n) is 3.42. The van der Waals surface area contributed by atoms with Crippen molar-refractivity contribution in [3.63, 3.8) is 0 Å². The van der Waals surface area contributed by atoms with Gasteiger partial charge in [0, 0.05) is 24.2 Å². The smallest absolute Gasteiger partial charge is 0.261 e. The van der Waals surface area contributed by atoms with E-state index in [2.05, 4.69) is 15.8 Å². The molecule has 0 aromatic heterocycles. The molecule has 0 bridgehead atoms. The van der Waals surface area contributed by atoms with Gasteiger partial charge in [-0.2, -0.15) is 0 Å². The molecule has 2 aromatic carbocycles. The monoisotopic (exact) mass is 373 g/mol. The molecule has 0 saturated heterocycles. The van der Waals surface area contributed by atoms with Crippen LogP contribution in [0.15, 0.2) is 53.7 Å². The fourth-order valence-electron chi connectivity index (χ4n) is 2.09. The van der Waals surface area contributed by atoms with Crippen molar-refractivity contribution in [2.45, 2.75) is 20.4 Å². The summed E-state index contributed by atoms with van der Waals surface area (Å²) in [6.45, 7) is 3.45. The van der Waals surface area contributed by atoms with Crippen molar-refractivity contribution in [1.82, 2.24) is 5.32 Å². The lowest BCUT2D eigenvalue weighted by atomic mass is 10.1. The molecule has 2 aromatic rings. The molecular formula is C19H20ClN3O3. The van der Waals surface area contributed by atoms with Crippen molar-refractivity contribution in [3.8, 4) is 0 Å². The fraction of sp³-hybridized carbons (Fsp3) is 0.211. The Morgan fingerprint density at radius 3 is 2.31 bits per heavy atom. The van der Waals surface area contributed by atoms with Crippen LogP contribution in [0.1, 0.15) is 25.0 Å². The summed E-state index contributed by atoms with van der Waals surface area (Å²) in [7, 11) is 0. The second-order valence-electron chi connectivity index (χ2n) is 5.61. The molecule has 7 heteroatoms. The zero-order valence-electron chi connectivity index (χ0n) is 14.6. The van der Waals surface area contributed by atoms with Crippen LogP contribution in [-0.4, -0.2) is 24.1 Å². The number of nitrogens with one attached hydrogen (secondary N) is 2. The Balaban J connectivity index is 1.78. The van der Waals surface area contributed by atoms with Gasteiger partial charge in [0.05, 0.1) is 5.71 Å². The summed E-state index contributed by atoms with van der Waals surface area (Å²) in [5.41, 5.74) is 3.11. The first-order chi connectivity index (χ1) is 12.4. The van der Waals surface area contributed by atoms with Gasteiger partial charge in [0.25, 0.3) is 5.91 Å². The van der Waals surface area contributed by atoms with Gasteiger partial charge in [-0.1, -0.05) is 41.0 Å². The maximum atomic E-state index is 11.8. The Kier molecular flexibility index (Phi) is 7.17. The van der Waals surface area contributed by atoms with Crippen molar-refractivity contribution in [1.29, 1.82) is 0 Å². The number of carbonyl (C=O) groups is 2. The number of hydrogen-bond acceptors (Lipinski definition) is 4. The molecule has 0 aliphatic heterocycles. The molecule has 6 nitrogen and oxygen atoms in total. The Labute approximate surface area is 157 Å². The number of benzene rings is 2. The average molecular weight is 374 g/mol. The van der Waals surface area contributed by atoms with E-state index in [0.717, 1.165) is 11.1 Å². The lowest BCUT2D eigenvalue weighted by molar-refractivity contribution is -0.125. The van der Waals surface area contributed by atoms with Crippen LogP contribution in [0.25, 0.3) is 0 Å². The molecule has 0 unspecified atom stereocenters. The summed E-state index contributed by atoms with van der Waals surface area (Å²) in [5.74, 6) is -0.395. The van der Waals surface area contributed by atoms with Crippen LogP contribution >= 0.6 is 11.6 Å². The van der Waals surface area contributed by atoms with Gasteiger partial charge < -0.3 is 15.5 Å². The van der Waals surface area contributed by atoms with Gasteiger partial charge in [-0.05, 0) is 42.3 Å². The first-order valence-corrected chi connectivity index (χ1v) is 8.37. The second-order valence-corrected chi connectivity index (χ2v) is 6.05. The molecule has 2 amide bonds. The Bertz CT molecular complexity index is 787. The first-order valence-electron chi connectivity index (χ1n) is 8.00. The van der Waals surface area contributed by atoms with Gasteiger partial charge in [-0.3, -0.25) is 9.59 Å². The van der Waals surface area contributed by atoms with Gasteiger partial charge in [-0.25, -0.2) is 0 Å². The molecular weight excluding hydrogens is 354 g/mol. The highest BCUT2D eigenvalue weighted by Crippen LogP contribution is 2.11. The van der Waals surface area contributed by atoms with E-state index in [4.69, 9.17) is 16.4 Å². The van der Waals surface area contributed by atoms with Crippen LogP contribution in [0.5, 0.6) is 0 Å². The molecule has 0 fully saturated rings. The SMILES string of the molecule is CC(=O)Nc1ccc(/C(C)=N/OCC(=O)NCc2ccc(Cl)cc2)cc1. The third-order valence-corrected chi connectivity index (χ3v) is 3.68. The van der Waals surface area contributed by atoms with Crippen LogP contribution in [0.4, 0.5) is 5.69 Å². The fourth-order valence-corrected chi connectivity index (χ4v) is 2.22. The van der Waals surface area contributed by atoms with E-state index < -0.39 is 0 Å². The normalized spacial score (nSPS) is 11.0. The molecule has 0 aliphatic rings. The summed E-state index contributed by atoms with van der Waals surface area (Å²) in [6.07, 6.45) is 0. The lowest BCUT2D eigenvalue weighted by Gasteiger charge is -2.06. The van der Waals surface area contributed by atoms with Gasteiger partial charge in [0.15, 0.2) is 6.61 Å². The Morgan fingerprint density at radius 2 is 1.69 bits per heavy atom. The number of amides is 2. The number of hydrogen-bond donors (Lipinski definition) is 2. The summed E-state index contributed by atoms with van der Waals surface area (Å²) < 4.78 is 0. The van der Waals surface area contributed by atoms with E-state index >= 15 is 0 Å². The topological polar surface area (TPSA) is 79.8 Å². The summed E-state index contributed by atoms with van der Waals surface area (Å²) in [4.78, 5) is 27.9. The number of oxime groups is 1. The second kappa shape index (κ2) is 9.58. The summed E-state index contributed by atoms with van der Waals surface area (Å²) >= 11 is 5.81. The maximum absolute atomic E-state index is 11.8. The molecule has 136 valence electrons. The lowest BCUT2D eigenvalue weighted by Crippen LogP contribution is -2.26. The van der Waals surface area contributed by atoms with Crippen molar-refractivity contribution in [3.05, 3.63) is 64.7 Å². The maximum Gasteiger partial charge on any atom is 0.261 e. The van der Waals surface area contributed by atoms with Crippen LogP contribution in [0.2, 0.25) is 5.02 Å². The van der Waals surface area contributed by atoms with Crippen LogP contribution in [0, 0.1) is 0 Å². The Hall–Kier alpha value is -2.86. The van der Waals surface area contributed by atoms with Crippen LogP contribution < -0.4 is 10.6 Å². The van der Waals surface area contributed by atoms with Gasteiger partial charge >= 0.3 is 0 Å². The number of anilines is 1. The number of carbonyl (C=O) groups excluding carboxylic acids is 2. The van der Waals surface area contributed by atoms with E-state index in [1.54, 1.807) is 31.2 Å². The standard InChI is InChI=1S/C19H20ClN3O3/c1-13(16-5-9-18(10-6-16)22-14(2)24)23-26-12-19(25)21-11-15-3-7-17(20)8-4-15/h3-10H,11-12H2,1-2H3,(H,21,25)(H,22,24)/b23-13+. The van der Waals surface area contributed by atoms with Crippen LogP contribution in [-0.2, 0) is 21.0 Å². The molecule has 2 rings (SSSR count). The minimum absolute atomic E-state index is 0.129. The molecule has 0 spiro atoms. The Morgan fingerprint density at radius 1 is 1.04 bits per heavy atom. The predicted molar refractivity (Wildman–Crippen MR) is 102 cm³/mol. The summed E-state index contributed by atoms with van der Waals surface area (Å²) in [5, 5.41) is 10.0. The molecule has 2 N–H and O–H groups in total. The average Bonchev–Trinajstić information content (AvgIpc) is 2.61. The zero-order valence-corrected chi connectivity index (χ0v) is 15.3. The van der Waals surface area contributed by atoms with Crippen molar-refractivity contribution >= 4 is 34.8 Å². The molecule has 0 saturated carbocycles. The first kappa shape index (κ1) is 19.5. The number of nitrogens with zero attached hydrogens (tertiary/aromatic N) is 1. The van der Waals surface area contributed by atoms with E-state index in [9.17, 15) is 9.59 Å². The zero-order chi connectivity index (χ0) is 18.9. The van der Waals surface area contributed by atoms with Crippen LogP contribution in [0.3, 0.4) is 0 Å². The van der Waals surface area contributed by atoms with E-state index in [1.165, 1.54) is 6.92 Å². The molecule has 26 heavy (non-hydrogen) atoms. The number of rotatable bonds is 7. The van der Waals surface area contributed by atoms with Crippen molar-refractivity contribution < 1.29 is 14.4 Å². The summed E-state index contributed by atoms with van der Waals surface area (Å²) in [6, 6.07) is 14.4. The van der Waals surface area contributed by atoms with Gasteiger partial charge in [-0.15, -0.1) is 0 Å². The predicted octanol–water partition coefficient (Wildman–Crippen LogP) is 3.36. The van der Waals surface area contributed by atoms with E-state index in [0.29, 0.717) is 23.0 Å².